The van der Waals surface area contributed by atoms with Gasteiger partial charge in [0.15, 0.2) is 0 Å². The Morgan fingerprint density at radius 3 is 2.58 bits per heavy atom. The van der Waals surface area contributed by atoms with Crippen LogP contribution in [0.15, 0.2) is 24.3 Å². The van der Waals surface area contributed by atoms with Gasteiger partial charge in [0.25, 0.3) is 0 Å². The number of anilines is 1. The Balaban J connectivity index is 2.41. The smallest absolute Gasteiger partial charge is 0.240 e. The molecule has 1 heterocycles. The molecular formula is C14H14Cl2N2O. The van der Waals surface area contributed by atoms with Crippen LogP contribution in [0.25, 0.3) is 0 Å². The minimum Gasteiger partial charge on any atom is -0.437 e. The number of hydrogen-bond acceptors (Lipinski definition) is 3. The van der Waals surface area contributed by atoms with E-state index >= 15 is 0 Å². The van der Waals surface area contributed by atoms with Gasteiger partial charge in [-0.3, -0.25) is 0 Å². The second-order valence-corrected chi connectivity index (χ2v) is 4.97. The van der Waals surface area contributed by atoms with Crippen molar-refractivity contribution >= 4 is 29.0 Å². The maximum atomic E-state index is 6.10. The highest BCUT2D eigenvalue weighted by atomic mass is 35.5. The minimum absolute atomic E-state index is 0.337. The average molecular weight is 297 g/mol. The van der Waals surface area contributed by atoms with Gasteiger partial charge in [-0.15, -0.1) is 0 Å². The summed E-state index contributed by atoms with van der Waals surface area (Å²) in [6.45, 7) is 4.02. The number of rotatable bonds is 3. The third kappa shape index (κ3) is 2.94. The number of hydrogen-bond donors (Lipinski definition) is 1. The first-order valence-corrected chi connectivity index (χ1v) is 6.56. The van der Waals surface area contributed by atoms with Gasteiger partial charge in [0, 0.05) is 7.05 Å². The van der Waals surface area contributed by atoms with E-state index in [1.165, 1.54) is 0 Å². The first-order chi connectivity index (χ1) is 9.02. The summed E-state index contributed by atoms with van der Waals surface area (Å²) in [4.78, 5) is 4.26. The number of benzene rings is 1. The van der Waals surface area contributed by atoms with Crippen LogP contribution >= 0.6 is 23.2 Å². The molecule has 5 heteroatoms. The van der Waals surface area contributed by atoms with Crippen LogP contribution in [0.4, 0.5) is 5.82 Å². The Labute approximate surface area is 122 Å². The third-order valence-corrected chi connectivity index (χ3v) is 3.45. The molecule has 0 spiro atoms. The summed E-state index contributed by atoms with van der Waals surface area (Å²) in [7, 11) is 1.74. The van der Waals surface area contributed by atoms with Crippen LogP contribution in [0.1, 0.15) is 11.1 Å². The second kappa shape index (κ2) is 5.68. The van der Waals surface area contributed by atoms with Gasteiger partial charge in [0.05, 0.1) is 5.02 Å². The summed E-state index contributed by atoms with van der Waals surface area (Å²) in [6.07, 6.45) is 0. The molecule has 1 aromatic heterocycles. The van der Waals surface area contributed by atoms with Crippen molar-refractivity contribution in [2.24, 2.45) is 0 Å². The van der Waals surface area contributed by atoms with Gasteiger partial charge in [-0.2, -0.15) is 4.98 Å². The van der Waals surface area contributed by atoms with Crippen LogP contribution in [0.3, 0.4) is 0 Å². The third-order valence-electron chi connectivity index (χ3n) is 2.90. The molecule has 0 radical (unpaired) electrons. The van der Waals surface area contributed by atoms with Gasteiger partial charge in [-0.05, 0) is 37.1 Å². The van der Waals surface area contributed by atoms with Crippen molar-refractivity contribution in [3.05, 3.63) is 45.4 Å². The molecule has 2 aromatic rings. The molecule has 0 bridgehead atoms. The van der Waals surface area contributed by atoms with Gasteiger partial charge in [-0.1, -0.05) is 35.3 Å². The zero-order valence-electron chi connectivity index (χ0n) is 10.9. The quantitative estimate of drug-likeness (QED) is 0.880. The Hall–Kier alpha value is -1.45. The standard InChI is InChI=1S/C14H14Cl2N2O/c1-8-5-4-6-12(9(8)2)19-14-11(16)7-10(15)13(17-3)18-14/h4-7H,1-3H3,(H,17,18). The summed E-state index contributed by atoms with van der Waals surface area (Å²) >= 11 is 12.1. The molecule has 100 valence electrons. The topological polar surface area (TPSA) is 34.2 Å². The van der Waals surface area contributed by atoms with Crippen molar-refractivity contribution in [2.45, 2.75) is 13.8 Å². The van der Waals surface area contributed by atoms with E-state index in [4.69, 9.17) is 27.9 Å². The first-order valence-electron chi connectivity index (χ1n) is 5.80. The van der Waals surface area contributed by atoms with Gasteiger partial charge >= 0.3 is 0 Å². The Morgan fingerprint density at radius 1 is 1.16 bits per heavy atom. The molecule has 0 saturated heterocycles. The summed E-state index contributed by atoms with van der Waals surface area (Å²) in [6, 6.07) is 7.45. The SMILES string of the molecule is CNc1nc(Oc2cccc(C)c2C)c(Cl)cc1Cl. The lowest BCUT2D eigenvalue weighted by Crippen LogP contribution is -1.98. The van der Waals surface area contributed by atoms with Crippen LogP contribution in [0, 0.1) is 13.8 Å². The second-order valence-electron chi connectivity index (χ2n) is 4.16. The fraction of sp³-hybridized carbons (Fsp3) is 0.214. The maximum Gasteiger partial charge on any atom is 0.240 e. The molecule has 0 unspecified atom stereocenters. The summed E-state index contributed by atoms with van der Waals surface area (Å²) in [5.74, 6) is 1.61. The first kappa shape index (κ1) is 14.0. The number of nitrogens with zero attached hydrogens (tertiary/aromatic N) is 1. The molecule has 0 saturated carbocycles. The minimum atomic E-state index is 0.337. The highest BCUT2D eigenvalue weighted by Crippen LogP contribution is 2.34. The fourth-order valence-electron chi connectivity index (χ4n) is 1.64. The number of pyridine rings is 1. The number of ether oxygens (including phenoxy) is 1. The Morgan fingerprint density at radius 2 is 1.89 bits per heavy atom. The highest BCUT2D eigenvalue weighted by molar-refractivity contribution is 6.36. The molecule has 0 atom stereocenters. The summed E-state index contributed by atoms with van der Waals surface area (Å²) < 4.78 is 5.78. The maximum absolute atomic E-state index is 6.10. The van der Waals surface area contributed by atoms with E-state index in [0.29, 0.717) is 21.7 Å². The predicted molar refractivity (Wildman–Crippen MR) is 79.8 cm³/mol. The summed E-state index contributed by atoms with van der Waals surface area (Å²) in [5.41, 5.74) is 2.21. The van der Waals surface area contributed by atoms with Crippen molar-refractivity contribution in [3.63, 3.8) is 0 Å². The number of aryl methyl sites for hydroxylation is 1. The number of halogens is 2. The van der Waals surface area contributed by atoms with Gasteiger partial charge in [0.1, 0.15) is 16.6 Å². The van der Waals surface area contributed by atoms with Crippen molar-refractivity contribution < 1.29 is 4.74 Å². The molecule has 19 heavy (non-hydrogen) atoms. The van der Waals surface area contributed by atoms with Crippen molar-refractivity contribution in [1.82, 2.24) is 4.98 Å². The number of aromatic nitrogens is 1. The van der Waals surface area contributed by atoms with E-state index in [9.17, 15) is 0 Å². The zero-order chi connectivity index (χ0) is 14.0. The lowest BCUT2D eigenvalue weighted by molar-refractivity contribution is 0.460. The van der Waals surface area contributed by atoms with Crippen LogP contribution in [-0.2, 0) is 0 Å². The zero-order valence-corrected chi connectivity index (χ0v) is 12.4. The fourth-order valence-corrected chi connectivity index (χ4v) is 2.13. The van der Waals surface area contributed by atoms with E-state index in [1.54, 1.807) is 13.1 Å². The van der Waals surface area contributed by atoms with Crippen LogP contribution in [0.5, 0.6) is 11.6 Å². The average Bonchev–Trinajstić information content (AvgIpc) is 2.38. The Bertz CT molecular complexity index is 615. The van der Waals surface area contributed by atoms with Crippen LogP contribution in [-0.4, -0.2) is 12.0 Å². The van der Waals surface area contributed by atoms with Gasteiger partial charge < -0.3 is 10.1 Å². The molecule has 0 aliphatic rings. The monoisotopic (exact) mass is 296 g/mol. The normalized spacial score (nSPS) is 10.4. The number of nitrogens with one attached hydrogen (secondary N) is 1. The van der Waals surface area contributed by atoms with Crippen molar-refractivity contribution in [2.75, 3.05) is 12.4 Å². The van der Waals surface area contributed by atoms with Crippen molar-refractivity contribution in [3.8, 4) is 11.6 Å². The van der Waals surface area contributed by atoms with Crippen LogP contribution < -0.4 is 10.1 Å². The lowest BCUT2D eigenvalue weighted by atomic mass is 10.1. The molecular weight excluding hydrogens is 283 g/mol. The van der Waals surface area contributed by atoms with Crippen LogP contribution in [0.2, 0.25) is 10.0 Å². The molecule has 0 fully saturated rings. The van der Waals surface area contributed by atoms with Gasteiger partial charge in [-0.25, -0.2) is 0 Å². The molecule has 0 amide bonds. The summed E-state index contributed by atoms with van der Waals surface area (Å²) in [5, 5.41) is 3.73. The molecule has 1 N–H and O–H groups in total. The van der Waals surface area contributed by atoms with Crippen molar-refractivity contribution in [1.29, 1.82) is 0 Å². The van der Waals surface area contributed by atoms with Gasteiger partial charge in [0.2, 0.25) is 5.88 Å². The largest absolute Gasteiger partial charge is 0.437 e. The predicted octanol–water partition coefficient (Wildman–Crippen LogP) is 4.84. The van der Waals surface area contributed by atoms with E-state index in [1.807, 2.05) is 32.0 Å². The van der Waals surface area contributed by atoms with E-state index in [2.05, 4.69) is 10.3 Å². The highest BCUT2D eigenvalue weighted by Gasteiger charge is 2.12. The molecule has 3 nitrogen and oxygen atoms in total. The molecule has 1 aromatic carbocycles. The molecule has 0 aliphatic heterocycles. The molecule has 2 rings (SSSR count). The Kier molecular flexibility index (Phi) is 4.17. The van der Waals surface area contributed by atoms with E-state index in [-0.39, 0.29) is 0 Å². The van der Waals surface area contributed by atoms with E-state index in [0.717, 1.165) is 16.9 Å². The lowest BCUT2D eigenvalue weighted by Gasteiger charge is -2.12. The van der Waals surface area contributed by atoms with E-state index < -0.39 is 0 Å². The molecule has 0 aliphatic carbocycles.